The minimum absolute atomic E-state index is 1.16. The van der Waals surface area contributed by atoms with E-state index in [1.165, 1.54) is 87.8 Å². The Balaban J connectivity index is 0.970. The highest BCUT2D eigenvalue weighted by atomic mass is 15.0. The van der Waals surface area contributed by atoms with Crippen molar-refractivity contribution >= 4 is 54.4 Å². The summed E-state index contributed by atoms with van der Waals surface area (Å²) in [6.45, 7) is 0. The van der Waals surface area contributed by atoms with Crippen molar-refractivity contribution in [2.24, 2.45) is 0 Å². The third-order valence-corrected chi connectivity index (χ3v) is 11.1. The van der Waals surface area contributed by atoms with E-state index < -0.39 is 0 Å². The molecule has 0 saturated heterocycles. The van der Waals surface area contributed by atoms with Crippen LogP contribution in [0.2, 0.25) is 0 Å². The van der Waals surface area contributed by atoms with Crippen molar-refractivity contribution < 1.29 is 0 Å². The summed E-state index contributed by atoms with van der Waals surface area (Å²) < 4.78 is 4.76. The Labute approximate surface area is 313 Å². The molecule has 0 saturated carbocycles. The number of aromatic nitrogens is 2. The van der Waals surface area contributed by atoms with Gasteiger partial charge < -0.3 is 9.13 Å². The Morgan fingerprint density at radius 3 is 1.17 bits per heavy atom. The van der Waals surface area contributed by atoms with Crippen LogP contribution in [0.4, 0.5) is 0 Å². The van der Waals surface area contributed by atoms with Gasteiger partial charge >= 0.3 is 0 Å². The smallest absolute Gasteiger partial charge is 0.0541 e. The van der Waals surface area contributed by atoms with Gasteiger partial charge in [-0.05, 0) is 92.7 Å². The molecule has 2 aromatic heterocycles. The highest BCUT2D eigenvalue weighted by Crippen LogP contribution is 2.39. The van der Waals surface area contributed by atoms with E-state index >= 15 is 0 Å². The van der Waals surface area contributed by atoms with Crippen molar-refractivity contribution in [2.45, 2.75) is 0 Å². The summed E-state index contributed by atoms with van der Waals surface area (Å²) in [5.41, 5.74) is 14.5. The molecule has 9 aromatic carbocycles. The molecule has 0 fully saturated rings. The van der Waals surface area contributed by atoms with Gasteiger partial charge in [0.2, 0.25) is 0 Å². The van der Waals surface area contributed by atoms with Crippen molar-refractivity contribution in [3.05, 3.63) is 206 Å². The summed E-state index contributed by atoms with van der Waals surface area (Å²) >= 11 is 0. The quantitative estimate of drug-likeness (QED) is 0.171. The maximum atomic E-state index is 2.38. The van der Waals surface area contributed by atoms with Crippen molar-refractivity contribution in [1.29, 1.82) is 0 Å². The van der Waals surface area contributed by atoms with Crippen molar-refractivity contribution in [1.82, 2.24) is 9.13 Å². The second kappa shape index (κ2) is 12.2. The van der Waals surface area contributed by atoms with Gasteiger partial charge in [-0.25, -0.2) is 0 Å². The van der Waals surface area contributed by atoms with Crippen molar-refractivity contribution in [3.8, 4) is 44.8 Å². The van der Waals surface area contributed by atoms with E-state index in [1.807, 2.05) is 0 Å². The monoisotopic (exact) mass is 686 g/mol. The number of fused-ring (bicyclic) bond motifs is 7. The topological polar surface area (TPSA) is 9.86 Å². The third-order valence-electron chi connectivity index (χ3n) is 11.1. The van der Waals surface area contributed by atoms with E-state index in [0.717, 1.165) is 11.4 Å². The first-order chi connectivity index (χ1) is 26.8. The molecule has 0 atom stereocenters. The first-order valence-corrected chi connectivity index (χ1v) is 18.6. The molecule has 0 amide bonds. The molecule has 0 unspecified atom stereocenters. The van der Waals surface area contributed by atoms with Crippen LogP contribution < -0.4 is 0 Å². The summed E-state index contributed by atoms with van der Waals surface area (Å²) in [4.78, 5) is 0. The van der Waals surface area contributed by atoms with Crippen molar-refractivity contribution in [3.63, 3.8) is 0 Å². The minimum atomic E-state index is 1.16. The molecule has 0 aliphatic heterocycles. The number of hydrogen-bond donors (Lipinski definition) is 0. The predicted molar refractivity (Wildman–Crippen MR) is 229 cm³/mol. The van der Waals surface area contributed by atoms with Crippen LogP contribution in [0.5, 0.6) is 0 Å². The molecule has 0 radical (unpaired) electrons. The largest absolute Gasteiger partial charge is 0.309 e. The fourth-order valence-electron chi connectivity index (χ4n) is 8.68. The van der Waals surface area contributed by atoms with E-state index in [-0.39, 0.29) is 0 Å². The molecular weight excluding hydrogens is 653 g/mol. The molecule has 0 aliphatic rings. The summed E-state index contributed by atoms with van der Waals surface area (Å²) in [7, 11) is 0. The van der Waals surface area contributed by atoms with Gasteiger partial charge in [0.05, 0.1) is 22.1 Å². The maximum absolute atomic E-state index is 2.38. The lowest BCUT2D eigenvalue weighted by Gasteiger charge is -2.14. The highest BCUT2D eigenvalue weighted by molar-refractivity contribution is 6.11. The molecule has 0 N–H and O–H groups in total. The fourth-order valence-corrected chi connectivity index (χ4v) is 8.68. The lowest BCUT2D eigenvalue weighted by atomic mass is 9.91. The maximum Gasteiger partial charge on any atom is 0.0541 e. The number of nitrogens with zero attached hydrogens (tertiary/aromatic N) is 2. The van der Waals surface area contributed by atoms with Crippen LogP contribution in [0.1, 0.15) is 0 Å². The van der Waals surface area contributed by atoms with Gasteiger partial charge in [0.25, 0.3) is 0 Å². The van der Waals surface area contributed by atoms with E-state index in [0.29, 0.717) is 0 Å². The summed E-state index contributed by atoms with van der Waals surface area (Å²) in [6, 6.07) is 75.1. The molecular formula is C52H34N2. The number of benzene rings is 9. The first kappa shape index (κ1) is 30.5. The Morgan fingerprint density at radius 2 is 0.667 bits per heavy atom. The molecule has 252 valence electrons. The summed E-state index contributed by atoms with van der Waals surface area (Å²) in [6.07, 6.45) is 0. The zero-order chi connectivity index (χ0) is 35.6. The number of rotatable bonds is 5. The second-order valence-corrected chi connectivity index (χ2v) is 14.1. The summed E-state index contributed by atoms with van der Waals surface area (Å²) in [5.74, 6) is 0. The standard InChI is InChI=1S/C52H34N2/c1-5-22-48-44(16-1)45-17-2-6-23-49(45)53(48)40-32-30-37(31-33-40)43-21-11-13-38-12-10-20-42(52(38)43)36-28-26-35(27-29-36)39-14-9-15-41(34-39)54-50-24-7-3-18-46(50)47-19-4-8-25-51(47)54/h1-34H. The van der Waals surface area contributed by atoms with E-state index in [4.69, 9.17) is 0 Å². The van der Waals surface area contributed by atoms with Crippen LogP contribution in [0.3, 0.4) is 0 Å². The highest BCUT2D eigenvalue weighted by Gasteiger charge is 2.15. The fraction of sp³-hybridized carbons (Fsp3) is 0. The normalized spacial score (nSPS) is 11.7. The van der Waals surface area contributed by atoms with Gasteiger partial charge in [0, 0.05) is 32.9 Å². The average molecular weight is 687 g/mol. The molecule has 2 nitrogen and oxygen atoms in total. The van der Waals surface area contributed by atoms with Crippen LogP contribution in [-0.4, -0.2) is 9.13 Å². The Hall–Kier alpha value is -7.16. The molecule has 0 aliphatic carbocycles. The van der Waals surface area contributed by atoms with Crippen LogP contribution in [-0.2, 0) is 0 Å². The SMILES string of the molecule is c1cc(-c2ccc(-c3cccc4cccc(-c5ccc(-n6c7ccccc7c7ccccc76)cc5)c34)cc2)cc(-n2c3ccccc3c3ccccc32)c1. The third kappa shape index (κ3) is 4.74. The molecule has 11 aromatic rings. The number of hydrogen-bond acceptors (Lipinski definition) is 0. The van der Waals surface area contributed by atoms with E-state index in [1.54, 1.807) is 0 Å². The van der Waals surface area contributed by atoms with Crippen LogP contribution in [0.15, 0.2) is 206 Å². The van der Waals surface area contributed by atoms with Crippen LogP contribution >= 0.6 is 0 Å². The van der Waals surface area contributed by atoms with Crippen LogP contribution in [0.25, 0.3) is 99.1 Å². The number of para-hydroxylation sites is 4. The van der Waals surface area contributed by atoms with Crippen LogP contribution in [0, 0.1) is 0 Å². The zero-order valence-corrected chi connectivity index (χ0v) is 29.5. The van der Waals surface area contributed by atoms with Gasteiger partial charge in [-0.2, -0.15) is 0 Å². The van der Waals surface area contributed by atoms with Gasteiger partial charge in [0.15, 0.2) is 0 Å². The molecule has 54 heavy (non-hydrogen) atoms. The lowest BCUT2D eigenvalue weighted by molar-refractivity contribution is 1.18. The predicted octanol–water partition coefficient (Wildman–Crippen LogP) is 14.0. The van der Waals surface area contributed by atoms with Gasteiger partial charge in [0.1, 0.15) is 0 Å². The average Bonchev–Trinajstić information content (AvgIpc) is 3.77. The van der Waals surface area contributed by atoms with Gasteiger partial charge in [-0.1, -0.05) is 158 Å². The van der Waals surface area contributed by atoms with Crippen molar-refractivity contribution in [2.75, 3.05) is 0 Å². The molecule has 0 bridgehead atoms. The minimum Gasteiger partial charge on any atom is -0.309 e. The van der Waals surface area contributed by atoms with Gasteiger partial charge in [-0.3, -0.25) is 0 Å². The first-order valence-electron chi connectivity index (χ1n) is 18.6. The Morgan fingerprint density at radius 1 is 0.259 bits per heavy atom. The molecule has 11 rings (SSSR count). The molecule has 0 spiro atoms. The zero-order valence-electron chi connectivity index (χ0n) is 29.5. The Kier molecular flexibility index (Phi) is 6.90. The summed E-state index contributed by atoms with van der Waals surface area (Å²) in [5, 5.41) is 7.61. The van der Waals surface area contributed by atoms with E-state index in [9.17, 15) is 0 Å². The molecule has 2 heterocycles. The molecule has 2 heteroatoms. The Bertz CT molecular complexity index is 3080. The van der Waals surface area contributed by atoms with E-state index in [2.05, 4.69) is 215 Å². The lowest BCUT2D eigenvalue weighted by Crippen LogP contribution is -1.94. The second-order valence-electron chi connectivity index (χ2n) is 14.1. The van der Waals surface area contributed by atoms with Gasteiger partial charge in [-0.15, -0.1) is 0 Å².